The highest BCUT2D eigenvalue weighted by Gasteiger charge is 2.33. The van der Waals surface area contributed by atoms with Crippen molar-refractivity contribution in [2.45, 2.75) is 38.4 Å². The summed E-state index contributed by atoms with van der Waals surface area (Å²) in [7, 11) is 0. The van der Waals surface area contributed by atoms with Gasteiger partial charge >= 0.3 is 5.97 Å². The summed E-state index contributed by atoms with van der Waals surface area (Å²) in [5, 5.41) is 8.99. The second-order valence-corrected chi connectivity index (χ2v) is 5.34. The van der Waals surface area contributed by atoms with E-state index in [0.29, 0.717) is 19.5 Å². The Morgan fingerprint density at radius 1 is 1.35 bits per heavy atom. The van der Waals surface area contributed by atoms with Crippen molar-refractivity contribution in [3.05, 3.63) is 0 Å². The van der Waals surface area contributed by atoms with Gasteiger partial charge in [-0.1, -0.05) is 0 Å². The average Bonchev–Trinajstić information content (AvgIpc) is 2.40. The number of likely N-dealkylation sites (tertiary alicyclic amines) is 1. The number of carbonyl (C=O) groups excluding carboxylic acids is 2. The molecular formula is C13H20N2O5. The first kappa shape index (κ1) is 14.8. The maximum absolute atomic E-state index is 12.2. The van der Waals surface area contributed by atoms with Crippen LogP contribution in [0.1, 0.15) is 26.2 Å². The lowest BCUT2D eigenvalue weighted by Gasteiger charge is -2.36. The summed E-state index contributed by atoms with van der Waals surface area (Å²) >= 11 is 0. The van der Waals surface area contributed by atoms with Crippen LogP contribution >= 0.6 is 0 Å². The van der Waals surface area contributed by atoms with Crippen LogP contribution in [0.25, 0.3) is 0 Å². The minimum Gasteiger partial charge on any atom is -0.479 e. The smallest absolute Gasteiger partial charge is 0.334 e. The van der Waals surface area contributed by atoms with E-state index in [1.165, 1.54) is 4.90 Å². The number of aliphatic carboxylic acids is 1. The molecule has 20 heavy (non-hydrogen) atoms. The molecule has 2 rings (SSSR count). The topological polar surface area (TPSA) is 87.2 Å². The third-order valence-corrected chi connectivity index (χ3v) is 3.64. The highest BCUT2D eigenvalue weighted by atomic mass is 16.5. The number of rotatable bonds is 3. The number of amides is 2. The first-order valence-corrected chi connectivity index (χ1v) is 6.91. The number of piperidine rings is 1. The summed E-state index contributed by atoms with van der Waals surface area (Å²) in [6.07, 6.45) is 0.977. The molecule has 0 bridgehead atoms. The Labute approximate surface area is 117 Å². The average molecular weight is 284 g/mol. The van der Waals surface area contributed by atoms with Crippen molar-refractivity contribution in [1.29, 1.82) is 0 Å². The van der Waals surface area contributed by atoms with Gasteiger partial charge in [0.25, 0.3) is 0 Å². The van der Waals surface area contributed by atoms with Gasteiger partial charge in [-0.25, -0.2) is 4.79 Å². The van der Waals surface area contributed by atoms with Gasteiger partial charge in [0.15, 0.2) is 6.10 Å². The summed E-state index contributed by atoms with van der Waals surface area (Å²) in [5.74, 6) is -1.27. The molecule has 112 valence electrons. The molecule has 0 unspecified atom stereocenters. The molecule has 2 amide bonds. The van der Waals surface area contributed by atoms with Crippen LogP contribution in [0.15, 0.2) is 0 Å². The maximum Gasteiger partial charge on any atom is 0.334 e. The van der Waals surface area contributed by atoms with E-state index in [4.69, 9.17) is 9.84 Å². The third kappa shape index (κ3) is 3.47. The normalized spacial score (nSPS) is 27.6. The van der Waals surface area contributed by atoms with Crippen molar-refractivity contribution >= 4 is 17.8 Å². The van der Waals surface area contributed by atoms with Gasteiger partial charge in [-0.3, -0.25) is 9.59 Å². The zero-order valence-electron chi connectivity index (χ0n) is 11.6. The Morgan fingerprint density at radius 2 is 2.10 bits per heavy atom. The highest BCUT2D eigenvalue weighted by Crippen LogP contribution is 2.14. The Morgan fingerprint density at radius 3 is 2.75 bits per heavy atom. The lowest BCUT2D eigenvalue weighted by atomic mass is 10.1. The molecule has 1 N–H and O–H groups in total. The Bertz CT molecular complexity index is 412. The van der Waals surface area contributed by atoms with Gasteiger partial charge in [-0.05, 0) is 19.8 Å². The zero-order valence-corrected chi connectivity index (χ0v) is 11.6. The number of hydrogen-bond acceptors (Lipinski definition) is 4. The molecule has 7 nitrogen and oxygen atoms in total. The number of carboxylic acid groups (broad SMARTS) is 1. The monoisotopic (exact) mass is 284 g/mol. The van der Waals surface area contributed by atoms with Crippen LogP contribution in [0, 0.1) is 0 Å². The van der Waals surface area contributed by atoms with Gasteiger partial charge in [0.05, 0.1) is 19.2 Å². The fraction of sp³-hybridized carbons (Fsp3) is 0.769. The molecule has 0 saturated carbocycles. The van der Waals surface area contributed by atoms with E-state index in [9.17, 15) is 14.4 Å². The number of carboxylic acids is 1. The number of ether oxygens (including phenoxy) is 1. The van der Waals surface area contributed by atoms with Gasteiger partial charge < -0.3 is 19.6 Å². The first-order valence-electron chi connectivity index (χ1n) is 6.91. The molecule has 7 heteroatoms. The van der Waals surface area contributed by atoms with E-state index < -0.39 is 12.1 Å². The standard InChI is InChI=1S/C13H20N2O5/c1-9-6-15(7-10(20-9)13(18)19)12(17)8-14-5-3-2-4-11(14)16/h9-10H,2-8H2,1H3,(H,18,19)/t9-,10-/m1/s1. The van der Waals surface area contributed by atoms with Gasteiger partial charge in [0.1, 0.15) is 0 Å². The lowest BCUT2D eigenvalue weighted by molar-refractivity contribution is -0.167. The molecule has 0 aromatic rings. The molecule has 2 aliphatic heterocycles. The molecule has 2 atom stereocenters. The molecule has 0 spiro atoms. The molecule has 0 aromatic carbocycles. The molecule has 2 saturated heterocycles. The molecule has 0 aliphatic carbocycles. The third-order valence-electron chi connectivity index (χ3n) is 3.64. The number of hydrogen-bond donors (Lipinski definition) is 1. The fourth-order valence-corrected chi connectivity index (χ4v) is 2.58. The molecule has 2 aliphatic rings. The molecule has 0 radical (unpaired) electrons. The van der Waals surface area contributed by atoms with Gasteiger partial charge in [0.2, 0.25) is 11.8 Å². The predicted octanol–water partition coefficient (Wildman–Crippen LogP) is -0.301. The molecule has 0 aromatic heterocycles. The molecule has 2 fully saturated rings. The summed E-state index contributed by atoms with van der Waals surface area (Å²) in [6.45, 7) is 2.79. The van der Waals surface area contributed by atoms with Crippen LogP contribution in [0.2, 0.25) is 0 Å². The summed E-state index contributed by atoms with van der Waals surface area (Å²) in [4.78, 5) is 37.9. The second kappa shape index (κ2) is 6.21. The lowest BCUT2D eigenvalue weighted by Crippen LogP contribution is -2.54. The van der Waals surface area contributed by atoms with Crippen molar-refractivity contribution < 1.29 is 24.2 Å². The highest BCUT2D eigenvalue weighted by molar-refractivity contribution is 5.85. The fourth-order valence-electron chi connectivity index (χ4n) is 2.58. The predicted molar refractivity (Wildman–Crippen MR) is 69.0 cm³/mol. The Kier molecular flexibility index (Phi) is 4.59. The van der Waals surface area contributed by atoms with Crippen LogP contribution in [-0.2, 0) is 19.1 Å². The van der Waals surface area contributed by atoms with E-state index in [1.54, 1.807) is 11.8 Å². The number of carbonyl (C=O) groups is 3. The van der Waals surface area contributed by atoms with Crippen LogP contribution in [0.3, 0.4) is 0 Å². The van der Waals surface area contributed by atoms with Gasteiger partial charge in [-0.15, -0.1) is 0 Å². The Hall–Kier alpha value is -1.63. The van der Waals surface area contributed by atoms with E-state index in [0.717, 1.165) is 12.8 Å². The van der Waals surface area contributed by atoms with Crippen molar-refractivity contribution in [3.63, 3.8) is 0 Å². The minimum absolute atomic E-state index is 0.000641. The Balaban J connectivity index is 1.94. The van der Waals surface area contributed by atoms with E-state index in [1.807, 2.05) is 0 Å². The SMILES string of the molecule is C[C@@H]1CN(C(=O)CN2CCCCC2=O)C[C@H](C(=O)O)O1. The maximum atomic E-state index is 12.2. The van der Waals surface area contributed by atoms with E-state index in [2.05, 4.69) is 0 Å². The molecular weight excluding hydrogens is 264 g/mol. The van der Waals surface area contributed by atoms with E-state index in [-0.39, 0.29) is 31.0 Å². The summed E-state index contributed by atoms with van der Waals surface area (Å²) in [6, 6.07) is 0. The summed E-state index contributed by atoms with van der Waals surface area (Å²) in [5.41, 5.74) is 0. The summed E-state index contributed by atoms with van der Waals surface area (Å²) < 4.78 is 5.27. The largest absolute Gasteiger partial charge is 0.479 e. The van der Waals surface area contributed by atoms with Gasteiger partial charge in [-0.2, -0.15) is 0 Å². The molecule has 2 heterocycles. The second-order valence-electron chi connectivity index (χ2n) is 5.34. The van der Waals surface area contributed by atoms with Crippen LogP contribution in [0.4, 0.5) is 0 Å². The first-order chi connectivity index (χ1) is 9.47. The van der Waals surface area contributed by atoms with Crippen molar-refractivity contribution in [2.24, 2.45) is 0 Å². The van der Waals surface area contributed by atoms with Crippen molar-refractivity contribution in [1.82, 2.24) is 9.80 Å². The minimum atomic E-state index is -1.07. The zero-order chi connectivity index (χ0) is 14.7. The van der Waals surface area contributed by atoms with Crippen LogP contribution in [-0.4, -0.2) is 71.1 Å². The number of nitrogens with zero attached hydrogens (tertiary/aromatic N) is 2. The van der Waals surface area contributed by atoms with Crippen molar-refractivity contribution in [3.8, 4) is 0 Å². The van der Waals surface area contributed by atoms with Gasteiger partial charge in [0, 0.05) is 19.5 Å². The van der Waals surface area contributed by atoms with Crippen molar-refractivity contribution in [2.75, 3.05) is 26.2 Å². The van der Waals surface area contributed by atoms with Crippen LogP contribution in [0.5, 0.6) is 0 Å². The quantitative estimate of drug-likeness (QED) is 0.769. The number of morpholine rings is 1. The van der Waals surface area contributed by atoms with E-state index >= 15 is 0 Å². The van der Waals surface area contributed by atoms with Crippen LogP contribution < -0.4 is 0 Å².